The molecule has 0 fully saturated rings. The van der Waals surface area contributed by atoms with Gasteiger partial charge in [-0.3, -0.25) is 9.78 Å². The summed E-state index contributed by atoms with van der Waals surface area (Å²) >= 11 is 4.80. The monoisotopic (exact) mass is 253 g/mol. The molecule has 0 aliphatic carbocycles. The molecule has 0 saturated carbocycles. The van der Waals surface area contributed by atoms with Gasteiger partial charge < -0.3 is 15.7 Å². The van der Waals surface area contributed by atoms with E-state index in [-0.39, 0.29) is 28.8 Å². The third-order valence-electron chi connectivity index (χ3n) is 2.16. The molecule has 1 heterocycles. The number of rotatable bonds is 5. The Morgan fingerprint density at radius 3 is 2.88 bits per heavy atom. The lowest BCUT2D eigenvalue weighted by Crippen LogP contribution is -2.38. The Balaban J connectivity index is 2.91. The van der Waals surface area contributed by atoms with Gasteiger partial charge in [0.1, 0.15) is 5.75 Å². The molecule has 1 aromatic rings. The van der Waals surface area contributed by atoms with Crippen LogP contribution >= 0.6 is 12.2 Å². The summed E-state index contributed by atoms with van der Waals surface area (Å²) in [6.45, 7) is 2.70. The van der Waals surface area contributed by atoms with Crippen molar-refractivity contribution >= 4 is 23.1 Å². The van der Waals surface area contributed by atoms with Gasteiger partial charge in [0.05, 0.1) is 23.3 Å². The van der Waals surface area contributed by atoms with Gasteiger partial charge in [0.2, 0.25) is 0 Å². The van der Waals surface area contributed by atoms with E-state index in [2.05, 4.69) is 4.98 Å². The van der Waals surface area contributed by atoms with Crippen molar-refractivity contribution in [3.05, 3.63) is 24.0 Å². The van der Waals surface area contributed by atoms with Crippen LogP contribution < -0.4 is 5.73 Å². The summed E-state index contributed by atoms with van der Waals surface area (Å²) in [7, 11) is 0. The number of pyridine rings is 1. The fourth-order valence-electron chi connectivity index (χ4n) is 1.45. The molecule has 0 aliphatic heterocycles. The molecule has 0 atom stereocenters. The molecule has 17 heavy (non-hydrogen) atoms. The van der Waals surface area contributed by atoms with Crippen LogP contribution in [-0.4, -0.2) is 39.0 Å². The third-order valence-corrected chi connectivity index (χ3v) is 2.29. The minimum absolute atomic E-state index is 0.137. The molecule has 92 valence electrons. The van der Waals surface area contributed by atoms with Gasteiger partial charge in [-0.1, -0.05) is 19.1 Å². The van der Waals surface area contributed by atoms with Crippen molar-refractivity contribution in [1.29, 1.82) is 0 Å². The summed E-state index contributed by atoms with van der Waals surface area (Å²) in [4.78, 5) is 17.6. The predicted molar refractivity (Wildman–Crippen MR) is 68.9 cm³/mol. The molecule has 0 radical (unpaired) electrons. The van der Waals surface area contributed by atoms with Crippen LogP contribution in [0.1, 0.15) is 23.7 Å². The van der Waals surface area contributed by atoms with Gasteiger partial charge >= 0.3 is 0 Å². The van der Waals surface area contributed by atoms with Crippen molar-refractivity contribution < 1.29 is 9.90 Å². The highest BCUT2D eigenvalue weighted by Gasteiger charge is 2.18. The summed E-state index contributed by atoms with van der Waals surface area (Å²) in [5.41, 5.74) is 5.65. The van der Waals surface area contributed by atoms with Crippen molar-refractivity contribution in [2.24, 2.45) is 5.73 Å². The van der Waals surface area contributed by atoms with Gasteiger partial charge in [0, 0.05) is 12.7 Å². The summed E-state index contributed by atoms with van der Waals surface area (Å²) in [6, 6.07) is 1.47. The van der Waals surface area contributed by atoms with E-state index in [1.54, 1.807) is 0 Å². The number of carbonyl (C=O) groups excluding carboxylic acids is 1. The van der Waals surface area contributed by atoms with Crippen LogP contribution in [0.5, 0.6) is 5.75 Å². The Morgan fingerprint density at radius 2 is 2.35 bits per heavy atom. The van der Waals surface area contributed by atoms with E-state index in [0.717, 1.165) is 6.42 Å². The molecule has 1 amide bonds. The number of amides is 1. The zero-order chi connectivity index (χ0) is 12.8. The highest BCUT2D eigenvalue weighted by molar-refractivity contribution is 7.80. The molecule has 0 aliphatic rings. The zero-order valence-electron chi connectivity index (χ0n) is 9.59. The summed E-state index contributed by atoms with van der Waals surface area (Å²) < 4.78 is 0. The van der Waals surface area contributed by atoms with Crippen molar-refractivity contribution in [2.75, 3.05) is 13.1 Å². The van der Waals surface area contributed by atoms with Crippen molar-refractivity contribution in [3.63, 3.8) is 0 Å². The standard InChI is InChI=1S/C11H15N3O2S/c1-2-5-14(7-10(12)17)11(16)8-3-4-13-6-9(8)15/h3-4,6,15H,2,5,7H2,1H3,(H2,12,17). The number of hydrogen-bond donors (Lipinski definition) is 2. The lowest BCUT2D eigenvalue weighted by atomic mass is 10.2. The van der Waals surface area contributed by atoms with E-state index in [0.29, 0.717) is 6.54 Å². The van der Waals surface area contributed by atoms with Crippen LogP contribution in [0.25, 0.3) is 0 Å². The number of hydrogen-bond acceptors (Lipinski definition) is 4. The molecule has 5 nitrogen and oxygen atoms in total. The van der Waals surface area contributed by atoms with Crippen molar-refractivity contribution in [1.82, 2.24) is 9.88 Å². The van der Waals surface area contributed by atoms with E-state index in [1.807, 2.05) is 6.92 Å². The number of aromatic nitrogens is 1. The van der Waals surface area contributed by atoms with Crippen LogP contribution in [0.15, 0.2) is 18.5 Å². The van der Waals surface area contributed by atoms with Crippen LogP contribution in [0.4, 0.5) is 0 Å². The first-order valence-corrected chi connectivity index (χ1v) is 5.67. The average molecular weight is 253 g/mol. The van der Waals surface area contributed by atoms with Crippen molar-refractivity contribution in [3.8, 4) is 5.75 Å². The summed E-state index contributed by atoms with van der Waals surface area (Å²) in [5.74, 6) is -0.430. The summed E-state index contributed by atoms with van der Waals surface area (Å²) in [5, 5.41) is 9.56. The maximum Gasteiger partial charge on any atom is 0.258 e. The van der Waals surface area contributed by atoms with E-state index in [9.17, 15) is 9.90 Å². The Hall–Kier alpha value is -1.69. The lowest BCUT2D eigenvalue weighted by Gasteiger charge is -2.21. The molecule has 0 spiro atoms. The first-order chi connectivity index (χ1) is 8.06. The van der Waals surface area contributed by atoms with Crippen molar-refractivity contribution in [2.45, 2.75) is 13.3 Å². The second kappa shape index (κ2) is 6.15. The van der Waals surface area contributed by atoms with E-state index in [1.165, 1.54) is 23.4 Å². The SMILES string of the molecule is CCCN(CC(N)=S)C(=O)c1ccncc1O. The second-order valence-electron chi connectivity index (χ2n) is 3.59. The quantitative estimate of drug-likeness (QED) is 0.763. The molecule has 0 aromatic carbocycles. The van der Waals surface area contributed by atoms with Gasteiger partial charge in [-0.15, -0.1) is 0 Å². The zero-order valence-corrected chi connectivity index (χ0v) is 10.4. The van der Waals surface area contributed by atoms with E-state index >= 15 is 0 Å². The van der Waals surface area contributed by atoms with E-state index in [4.69, 9.17) is 18.0 Å². The molecular weight excluding hydrogens is 238 g/mol. The fraction of sp³-hybridized carbons (Fsp3) is 0.364. The highest BCUT2D eigenvalue weighted by atomic mass is 32.1. The van der Waals surface area contributed by atoms with Crippen LogP contribution in [-0.2, 0) is 0 Å². The topological polar surface area (TPSA) is 79.5 Å². The van der Waals surface area contributed by atoms with Crippen LogP contribution in [0.2, 0.25) is 0 Å². The van der Waals surface area contributed by atoms with E-state index < -0.39 is 0 Å². The molecule has 6 heteroatoms. The largest absolute Gasteiger partial charge is 0.505 e. The number of nitrogens with two attached hydrogens (primary N) is 1. The minimum atomic E-state index is -0.292. The van der Waals surface area contributed by atoms with Gasteiger partial charge in [-0.25, -0.2) is 0 Å². The molecular formula is C11H15N3O2S. The predicted octanol–water partition coefficient (Wildman–Crippen LogP) is 0.926. The van der Waals surface area contributed by atoms with Gasteiger partial charge in [-0.05, 0) is 12.5 Å². The maximum atomic E-state index is 12.1. The van der Waals surface area contributed by atoms with Gasteiger partial charge in [0.15, 0.2) is 0 Å². The first-order valence-electron chi connectivity index (χ1n) is 5.26. The normalized spacial score (nSPS) is 9.94. The minimum Gasteiger partial charge on any atom is -0.505 e. The first kappa shape index (κ1) is 13.4. The lowest BCUT2D eigenvalue weighted by molar-refractivity contribution is 0.0777. The smallest absolute Gasteiger partial charge is 0.258 e. The Bertz CT molecular complexity index is 423. The second-order valence-corrected chi connectivity index (χ2v) is 4.11. The molecule has 3 N–H and O–H groups in total. The van der Waals surface area contributed by atoms with Crippen LogP contribution in [0, 0.1) is 0 Å². The maximum absolute atomic E-state index is 12.1. The molecule has 0 saturated heterocycles. The Morgan fingerprint density at radius 1 is 1.65 bits per heavy atom. The fourth-order valence-corrected chi connectivity index (χ4v) is 1.60. The Labute approximate surface area is 105 Å². The highest BCUT2D eigenvalue weighted by Crippen LogP contribution is 2.16. The number of carbonyl (C=O) groups is 1. The number of nitrogens with zero attached hydrogens (tertiary/aromatic N) is 2. The summed E-state index contributed by atoms with van der Waals surface area (Å²) in [6.07, 6.45) is 3.48. The number of aromatic hydroxyl groups is 1. The third kappa shape index (κ3) is 3.67. The van der Waals surface area contributed by atoms with Crippen LogP contribution in [0.3, 0.4) is 0 Å². The molecule has 1 aromatic heterocycles. The van der Waals surface area contributed by atoms with Gasteiger partial charge in [0.25, 0.3) is 5.91 Å². The molecule has 0 bridgehead atoms. The average Bonchev–Trinajstić information content (AvgIpc) is 2.28. The molecule has 1 rings (SSSR count). The van der Waals surface area contributed by atoms with Gasteiger partial charge in [-0.2, -0.15) is 0 Å². The molecule has 0 unspecified atom stereocenters. The number of thiocarbonyl (C=S) groups is 1. The Kier molecular flexibility index (Phi) is 4.84.